The van der Waals surface area contributed by atoms with Gasteiger partial charge in [0.2, 0.25) is 15.9 Å². The lowest BCUT2D eigenvalue weighted by Gasteiger charge is -2.37. The molecule has 0 spiro atoms. The van der Waals surface area contributed by atoms with Crippen LogP contribution in [0, 0.1) is 17.2 Å². The number of rotatable bonds is 11. The van der Waals surface area contributed by atoms with Gasteiger partial charge in [0.1, 0.15) is 0 Å². The lowest BCUT2D eigenvalue weighted by Crippen LogP contribution is -2.66. The SMILES string of the molecule is Cl.N=C(N)N1CCC(CNC(=O)CC(NS(=O)(=O)c2ccc3ccccc3c2)C(=O)C(N)(C(=O)O)C2CCCCC2)CC1. The fraction of sp³-hybridized carbons (Fsp3) is 0.517. The first-order valence-electron chi connectivity index (χ1n) is 14.3. The maximum Gasteiger partial charge on any atom is 0.331 e. The first kappa shape index (κ1) is 34.2. The number of nitrogens with one attached hydrogen (secondary N) is 3. The molecule has 2 unspecified atom stereocenters. The number of guanidine groups is 1. The van der Waals surface area contributed by atoms with Gasteiger partial charge in [0.05, 0.1) is 17.4 Å². The van der Waals surface area contributed by atoms with Gasteiger partial charge >= 0.3 is 5.97 Å². The van der Waals surface area contributed by atoms with Crippen LogP contribution in [0.15, 0.2) is 47.4 Å². The van der Waals surface area contributed by atoms with Crippen molar-refractivity contribution in [1.29, 1.82) is 5.41 Å². The largest absolute Gasteiger partial charge is 0.480 e. The number of hydrogen-bond acceptors (Lipinski definition) is 7. The number of carbonyl (C=O) groups excluding carboxylic acids is 2. The van der Waals surface area contributed by atoms with Gasteiger partial charge in [0.25, 0.3) is 0 Å². The zero-order chi connectivity index (χ0) is 30.5. The Morgan fingerprint density at radius 3 is 2.26 bits per heavy atom. The number of amides is 1. The van der Waals surface area contributed by atoms with E-state index in [1.807, 2.05) is 12.1 Å². The molecule has 8 N–H and O–H groups in total. The molecule has 43 heavy (non-hydrogen) atoms. The molecule has 236 valence electrons. The zero-order valence-corrected chi connectivity index (χ0v) is 25.6. The molecule has 0 radical (unpaired) electrons. The minimum absolute atomic E-state index is 0. The number of fused-ring (bicyclic) bond motifs is 1. The Morgan fingerprint density at radius 2 is 1.65 bits per heavy atom. The number of aliphatic carboxylic acids is 1. The lowest BCUT2D eigenvalue weighted by molar-refractivity contribution is -0.153. The van der Waals surface area contributed by atoms with Gasteiger partial charge in [-0.1, -0.05) is 49.6 Å². The van der Waals surface area contributed by atoms with Crippen LogP contribution in [0.4, 0.5) is 0 Å². The van der Waals surface area contributed by atoms with Gasteiger partial charge in [0.15, 0.2) is 17.3 Å². The number of carboxylic acids is 1. The smallest absolute Gasteiger partial charge is 0.331 e. The summed E-state index contributed by atoms with van der Waals surface area (Å²) in [6.07, 6.45) is 3.95. The number of piperidine rings is 1. The molecule has 12 nitrogen and oxygen atoms in total. The van der Waals surface area contributed by atoms with E-state index in [0.29, 0.717) is 57.0 Å². The molecule has 2 atom stereocenters. The number of carbonyl (C=O) groups is 3. The first-order chi connectivity index (χ1) is 19.9. The molecule has 2 fully saturated rings. The highest BCUT2D eigenvalue weighted by molar-refractivity contribution is 7.89. The van der Waals surface area contributed by atoms with Crippen LogP contribution in [0.2, 0.25) is 0 Å². The first-order valence-corrected chi connectivity index (χ1v) is 15.8. The van der Waals surface area contributed by atoms with Crippen LogP contribution in [0.25, 0.3) is 10.8 Å². The second kappa shape index (κ2) is 14.5. The van der Waals surface area contributed by atoms with E-state index in [1.54, 1.807) is 23.1 Å². The van der Waals surface area contributed by atoms with Crippen LogP contribution >= 0.6 is 12.4 Å². The summed E-state index contributed by atoms with van der Waals surface area (Å²) in [5.74, 6) is -3.73. The molecule has 1 aliphatic carbocycles. The summed E-state index contributed by atoms with van der Waals surface area (Å²) in [5.41, 5.74) is 9.54. The van der Waals surface area contributed by atoms with Crippen LogP contribution in [-0.2, 0) is 24.4 Å². The van der Waals surface area contributed by atoms with Gasteiger partial charge in [-0.15, -0.1) is 12.4 Å². The number of Topliss-reactive ketones (excluding diaryl/α,β-unsaturated/α-hetero) is 1. The number of sulfonamides is 1. The van der Waals surface area contributed by atoms with E-state index >= 15 is 0 Å². The van der Waals surface area contributed by atoms with Crippen LogP contribution < -0.4 is 21.5 Å². The van der Waals surface area contributed by atoms with E-state index in [-0.39, 0.29) is 35.7 Å². The van der Waals surface area contributed by atoms with Crippen molar-refractivity contribution in [3.8, 4) is 0 Å². The molecule has 2 aromatic carbocycles. The number of carboxylic acid groups (broad SMARTS) is 1. The van der Waals surface area contributed by atoms with E-state index in [0.717, 1.165) is 11.8 Å². The third-order valence-electron chi connectivity index (χ3n) is 8.59. The number of halogens is 1. The van der Waals surface area contributed by atoms with Gasteiger partial charge in [-0.05, 0) is 60.4 Å². The van der Waals surface area contributed by atoms with Gasteiger partial charge in [-0.3, -0.25) is 15.0 Å². The standard InChI is InChI=1S/C29H40N6O6S.ClH/c30-28(31)35-14-12-19(13-15-35)18-33-25(36)17-24(26(37)29(32,27(38)39)22-8-2-1-3-9-22)34-42(40,41)23-11-10-20-6-4-5-7-21(20)16-23;/h4-7,10-11,16,19,22,24,34H,1-3,8-9,12-15,17-18,32H2,(H3,30,31)(H,33,36)(H,38,39);1H. The predicted molar refractivity (Wildman–Crippen MR) is 165 cm³/mol. The maximum atomic E-state index is 13.9. The second-order valence-corrected chi connectivity index (χ2v) is 13.1. The molecule has 1 aliphatic heterocycles. The highest BCUT2D eigenvalue weighted by Crippen LogP contribution is 2.33. The number of nitrogens with zero attached hydrogens (tertiary/aromatic N) is 1. The molecule has 1 amide bonds. The van der Waals surface area contributed by atoms with Crippen LogP contribution in [0.3, 0.4) is 0 Å². The van der Waals surface area contributed by atoms with Gasteiger partial charge in [-0.25, -0.2) is 17.9 Å². The van der Waals surface area contributed by atoms with Gasteiger partial charge in [0, 0.05) is 19.6 Å². The summed E-state index contributed by atoms with van der Waals surface area (Å²) in [6, 6.07) is 9.98. The highest BCUT2D eigenvalue weighted by Gasteiger charge is 2.52. The highest BCUT2D eigenvalue weighted by atomic mass is 35.5. The molecular formula is C29H41ClN6O6S. The fourth-order valence-electron chi connectivity index (χ4n) is 6.00. The molecule has 2 aliphatic rings. The summed E-state index contributed by atoms with van der Waals surface area (Å²) >= 11 is 0. The molecule has 1 saturated carbocycles. The zero-order valence-electron chi connectivity index (χ0n) is 24.0. The van der Waals surface area contributed by atoms with E-state index in [9.17, 15) is 27.9 Å². The van der Waals surface area contributed by atoms with Crippen molar-refractivity contribution < 1.29 is 27.9 Å². The fourth-order valence-corrected chi connectivity index (χ4v) is 7.23. The topological polar surface area (TPSA) is 209 Å². The Balaban J connectivity index is 0.00000506. The predicted octanol–water partition coefficient (Wildman–Crippen LogP) is 1.95. The molecular weight excluding hydrogens is 596 g/mol. The summed E-state index contributed by atoms with van der Waals surface area (Å²) in [7, 11) is -4.34. The number of nitrogens with two attached hydrogens (primary N) is 2. The lowest BCUT2D eigenvalue weighted by atomic mass is 9.71. The molecule has 4 rings (SSSR count). The van der Waals surface area contributed by atoms with Crippen molar-refractivity contribution in [3.05, 3.63) is 42.5 Å². The maximum absolute atomic E-state index is 13.9. The average Bonchev–Trinajstić information content (AvgIpc) is 2.99. The third-order valence-corrected chi connectivity index (χ3v) is 10.1. The average molecular weight is 637 g/mol. The minimum atomic E-state index is -4.34. The van der Waals surface area contributed by atoms with Crippen molar-refractivity contribution in [2.45, 2.75) is 67.8 Å². The van der Waals surface area contributed by atoms with Crippen LogP contribution in [0.5, 0.6) is 0 Å². The van der Waals surface area contributed by atoms with Crippen molar-refractivity contribution in [1.82, 2.24) is 14.9 Å². The molecule has 0 aromatic heterocycles. The summed E-state index contributed by atoms with van der Waals surface area (Å²) in [5, 5.41) is 22.0. The minimum Gasteiger partial charge on any atom is -0.480 e. The summed E-state index contributed by atoms with van der Waals surface area (Å²) in [6.45, 7) is 1.45. The Kier molecular flexibility index (Phi) is 11.5. The van der Waals surface area contributed by atoms with E-state index in [4.69, 9.17) is 16.9 Å². The van der Waals surface area contributed by atoms with Gasteiger partial charge in [-0.2, -0.15) is 0 Å². The molecule has 1 saturated heterocycles. The number of benzene rings is 2. The Labute approximate surface area is 257 Å². The molecule has 2 aromatic rings. The normalized spacial score (nSPS) is 18.7. The Hall–Kier alpha value is -3.26. The second-order valence-electron chi connectivity index (χ2n) is 11.4. The summed E-state index contributed by atoms with van der Waals surface area (Å²) < 4.78 is 29.4. The van der Waals surface area contributed by atoms with Crippen LogP contribution in [0.1, 0.15) is 51.4 Å². The van der Waals surface area contributed by atoms with Crippen molar-refractivity contribution >= 4 is 56.8 Å². The van der Waals surface area contributed by atoms with Crippen LogP contribution in [-0.4, -0.2) is 73.3 Å². The third kappa shape index (κ3) is 8.02. The molecule has 1 heterocycles. The Bertz CT molecular complexity index is 1440. The van der Waals surface area contributed by atoms with Crippen molar-refractivity contribution in [2.75, 3.05) is 19.6 Å². The van der Waals surface area contributed by atoms with Crippen molar-refractivity contribution in [2.24, 2.45) is 23.3 Å². The van der Waals surface area contributed by atoms with E-state index in [2.05, 4.69) is 10.0 Å². The van der Waals surface area contributed by atoms with Gasteiger partial charge < -0.3 is 26.8 Å². The number of hydrogen-bond donors (Lipinski definition) is 6. The van der Waals surface area contributed by atoms with E-state index < -0.39 is 51.6 Å². The quantitative estimate of drug-likeness (QED) is 0.121. The van der Waals surface area contributed by atoms with Crippen molar-refractivity contribution in [3.63, 3.8) is 0 Å². The monoisotopic (exact) mass is 636 g/mol. The summed E-state index contributed by atoms with van der Waals surface area (Å²) in [4.78, 5) is 41.1. The molecule has 14 heteroatoms. The Morgan fingerprint density at radius 1 is 1.02 bits per heavy atom. The number of ketones is 1. The molecule has 0 bridgehead atoms. The number of likely N-dealkylation sites (tertiary alicyclic amines) is 1. The van der Waals surface area contributed by atoms with E-state index in [1.165, 1.54) is 12.1 Å².